The van der Waals surface area contributed by atoms with Gasteiger partial charge in [0.25, 0.3) is 0 Å². The van der Waals surface area contributed by atoms with Gasteiger partial charge in [0.1, 0.15) is 17.1 Å². The van der Waals surface area contributed by atoms with E-state index < -0.39 is 0 Å². The molecule has 182 valence electrons. The second-order valence-electron chi connectivity index (χ2n) is 9.66. The van der Waals surface area contributed by atoms with Crippen molar-refractivity contribution in [1.82, 2.24) is 14.5 Å². The van der Waals surface area contributed by atoms with Crippen LogP contribution in [0.5, 0.6) is 5.75 Å². The molecule has 1 N–H and O–H groups in total. The number of phenolic OH excluding ortho intramolecular Hbond substituents is 1. The van der Waals surface area contributed by atoms with Crippen LogP contribution in [0.3, 0.4) is 0 Å². The number of nitrogens with zero attached hydrogens (tertiary/aromatic N) is 3. The Morgan fingerprint density at radius 3 is 2.39 bits per heavy atom. The molecule has 0 fully saturated rings. The molecule has 3 aromatic heterocycles. The van der Waals surface area contributed by atoms with E-state index >= 15 is 0 Å². The van der Waals surface area contributed by atoms with Crippen LogP contribution in [0.1, 0.15) is 26.3 Å². The molecule has 0 aliphatic carbocycles. The fraction of sp³-hybridized carbons (Fsp3) is 0.133. The van der Waals surface area contributed by atoms with Crippen LogP contribution in [0, 0.1) is 6.07 Å². The van der Waals surface area contributed by atoms with Gasteiger partial charge >= 0.3 is 0 Å². The molecule has 4 nitrogen and oxygen atoms in total. The fourth-order valence-corrected chi connectivity index (χ4v) is 5.45. The minimum absolute atomic E-state index is 0. The number of rotatable bonds is 3. The first-order valence-electron chi connectivity index (χ1n) is 11.6. The van der Waals surface area contributed by atoms with E-state index in [1.807, 2.05) is 42.6 Å². The third kappa shape index (κ3) is 4.21. The average molecular weight is 670 g/mol. The van der Waals surface area contributed by atoms with Gasteiger partial charge in [0.05, 0.1) is 5.03 Å². The number of aromatic hydroxyl groups is 1. The molecule has 0 unspecified atom stereocenters. The summed E-state index contributed by atoms with van der Waals surface area (Å²) in [4.78, 5) is 10.4. The van der Waals surface area contributed by atoms with E-state index in [0.29, 0.717) is 5.52 Å². The third-order valence-corrected chi connectivity index (χ3v) is 7.16. The van der Waals surface area contributed by atoms with Crippen molar-refractivity contribution in [2.24, 2.45) is 0 Å². The predicted molar refractivity (Wildman–Crippen MR) is 144 cm³/mol. The summed E-state index contributed by atoms with van der Waals surface area (Å²) in [6.07, 6.45) is 1.81. The van der Waals surface area contributed by atoms with Crippen molar-refractivity contribution in [2.45, 2.75) is 36.1 Å². The van der Waals surface area contributed by atoms with E-state index in [1.165, 1.54) is 10.9 Å². The van der Waals surface area contributed by atoms with Crippen LogP contribution in [0.2, 0.25) is 0 Å². The molecule has 0 aliphatic rings. The summed E-state index contributed by atoms with van der Waals surface area (Å²) in [6.45, 7) is 6.52. The van der Waals surface area contributed by atoms with E-state index in [9.17, 15) is 5.11 Å². The van der Waals surface area contributed by atoms with Crippen molar-refractivity contribution < 1.29 is 26.2 Å². The van der Waals surface area contributed by atoms with Crippen LogP contribution in [-0.2, 0) is 26.5 Å². The summed E-state index contributed by atoms with van der Waals surface area (Å²) >= 11 is 1.54. The summed E-state index contributed by atoms with van der Waals surface area (Å²) in [5, 5.41) is 14.6. The van der Waals surface area contributed by atoms with Gasteiger partial charge in [0.15, 0.2) is 0 Å². The summed E-state index contributed by atoms with van der Waals surface area (Å²) in [6, 6.07) is 30.0. The number of hydrogen-bond donors (Lipinski definition) is 1. The normalized spacial score (nSPS) is 11.8. The second kappa shape index (κ2) is 9.38. The van der Waals surface area contributed by atoms with Gasteiger partial charge in [-0.1, -0.05) is 73.3 Å². The monoisotopic (exact) mass is 669 g/mol. The Balaban J connectivity index is 0.00000267. The van der Waals surface area contributed by atoms with Crippen LogP contribution in [0.4, 0.5) is 0 Å². The average Bonchev–Trinajstić information content (AvgIpc) is 3.18. The van der Waals surface area contributed by atoms with E-state index in [4.69, 9.17) is 4.98 Å². The van der Waals surface area contributed by atoms with Crippen molar-refractivity contribution in [2.75, 3.05) is 0 Å². The van der Waals surface area contributed by atoms with Gasteiger partial charge in [0.2, 0.25) is 0 Å². The molecule has 0 saturated heterocycles. The number of aromatic nitrogens is 3. The Morgan fingerprint density at radius 2 is 1.61 bits per heavy atom. The van der Waals surface area contributed by atoms with Crippen LogP contribution in [0.15, 0.2) is 95.0 Å². The number of hydrogen-bond acceptors (Lipinski definition) is 4. The zero-order chi connectivity index (χ0) is 24.2. The first-order valence-corrected chi connectivity index (χ1v) is 12.4. The number of pyridine rings is 2. The van der Waals surface area contributed by atoms with Gasteiger partial charge in [-0.05, 0) is 52.8 Å². The van der Waals surface area contributed by atoms with Gasteiger partial charge in [-0.15, -0.1) is 11.5 Å². The molecule has 0 bridgehead atoms. The van der Waals surface area contributed by atoms with E-state index in [1.54, 1.807) is 17.8 Å². The van der Waals surface area contributed by atoms with E-state index in [0.717, 1.165) is 37.5 Å². The smallest absolute Gasteiger partial charge is 0.141 e. The SMILES string of the molecule is CC(C)(C)c1ccc(O)c2nc(Sc3[c-]c4c(cc3)c3ccccc3n4-c3ccccn3)ccc12.[Pt]. The van der Waals surface area contributed by atoms with Gasteiger partial charge in [-0.3, -0.25) is 0 Å². The molecule has 0 amide bonds. The zero-order valence-electron chi connectivity index (χ0n) is 20.1. The first-order chi connectivity index (χ1) is 16.9. The molecule has 0 aliphatic heterocycles. The molecule has 6 aromatic rings. The van der Waals surface area contributed by atoms with Crippen LogP contribution in [0.25, 0.3) is 38.5 Å². The maximum Gasteiger partial charge on any atom is 0.141 e. The Labute approximate surface area is 228 Å². The molecule has 0 atom stereocenters. The second-order valence-corrected chi connectivity index (χ2v) is 10.7. The van der Waals surface area contributed by atoms with Gasteiger partial charge < -0.3 is 9.67 Å². The van der Waals surface area contributed by atoms with Crippen LogP contribution >= 0.6 is 11.8 Å². The van der Waals surface area contributed by atoms with Crippen molar-refractivity contribution >= 4 is 44.5 Å². The number of fused-ring (bicyclic) bond motifs is 4. The molecule has 36 heavy (non-hydrogen) atoms. The first kappa shape index (κ1) is 24.5. The summed E-state index contributed by atoms with van der Waals surface area (Å²) in [7, 11) is 0. The molecule has 6 heteroatoms. The van der Waals surface area contributed by atoms with Crippen molar-refractivity contribution in [3.05, 3.63) is 96.7 Å². The zero-order valence-corrected chi connectivity index (χ0v) is 23.2. The van der Waals surface area contributed by atoms with Crippen LogP contribution in [-0.4, -0.2) is 19.6 Å². The van der Waals surface area contributed by atoms with Crippen LogP contribution < -0.4 is 0 Å². The summed E-state index contributed by atoms with van der Waals surface area (Å²) < 4.78 is 2.16. The Hall–Kier alpha value is -3.14. The Kier molecular flexibility index (Phi) is 6.40. The molecule has 0 saturated carbocycles. The Morgan fingerprint density at radius 1 is 0.833 bits per heavy atom. The van der Waals surface area contributed by atoms with Crippen molar-refractivity contribution in [3.63, 3.8) is 0 Å². The molecule has 6 rings (SSSR count). The molecule has 3 aromatic carbocycles. The van der Waals surface area contributed by atoms with Crippen molar-refractivity contribution in [1.29, 1.82) is 0 Å². The molecule has 0 radical (unpaired) electrons. The van der Waals surface area contributed by atoms with E-state index in [-0.39, 0.29) is 32.2 Å². The maximum absolute atomic E-state index is 10.5. The molecular weight excluding hydrogens is 645 g/mol. The standard InChI is InChI=1S/C30H24N3OS.Pt/c1-30(2,3)23-14-15-26(34)29-22(23)13-16-28(32-29)35-19-11-12-21-20-8-4-5-9-24(20)33(25(21)18-19)27-10-6-7-17-31-27;/h4-17,34H,1-3H3;/q-1;. The van der Waals surface area contributed by atoms with Gasteiger partial charge in [0, 0.05) is 38.2 Å². The molecule has 3 heterocycles. The third-order valence-electron chi connectivity index (χ3n) is 6.27. The summed E-state index contributed by atoms with van der Waals surface area (Å²) in [5.74, 6) is 1.06. The fourth-order valence-electron chi connectivity index (χ4n) is 4.67. The minimum Gasteiger partial charge on any atom is -0.506 e. The minimum atomic E-state index is -0.0417. The predicted octanol–water partition coefficient (Wildman–Crippen LogP) is 7.68. The quantitative estimate of drug-likeness (QED) is 0.197. The molecule has 0 spiro atoms. The Bertz CT molecular complexity index is 1720. The number of benzene rings is 3. The number of para-hydroxylation sites is 1. The maximum atomic E-state index is 10.5. The topological polar surface area (TPSA) is 50.9 Å². The van der Waals surface area contributed by atoms with E-state index in [2.05, 4.69) is 72.8 Å². The largest absolute Gasteiger partial charge is 0.506 e. The van der Waals surface area contributed by atoms with Gasteiger partial charge in [-0.25, -0.2) is 9.97 Å². The van der Waals surface area contributed by atoms with Crippen molar-refractivity contribution in [3.8, 4) is 11.6 Å². The van der Waals surface area contributed by atoms with Gasteiger partial charge in [-0.2, -0.15) is 12.1 Å². The summed E-state index contributed by atoms with van der Waals surface area (Å²) in [5.41, 5.74) is 3.84. The number of phenols is 1. The molecular formula is C30H24N3OPtS-.